The summed E-state index contributed by atoms with van der Waals surface area (Å²) in [6.45, 7) is -1.33. The quantitative estimate of drug-likeness (QED) is 0.376. The van der Waals surface area contributed by atoms with Gasteiger partial charge in [-0.25, -0.2) is 9.78 Å². The number of anilines is 1. The molecule has 2 saturated carbocycles. The number of aromatic nitrogens is 5. The largest absolute Gasteiger partial charge is 0.406 e. The van der Waals surface area contributed by atoms with Crippen LogP contribution in [0.5, 0.6) is 0 Å². The van der Waals surface area contributed by atoms with Crippen LogP contribution in [0.3, 0.4) is 0 Å². The van der Waals surface area contributed by atoms with E-state index < -0.39 is 35.3 Å². The standard InChI is InChI=1S/C25H17Cl2F3N6O3/c26-18-19(27)36-20(32-18)13(7-16(34-36)14-8-31-23(39)33-21(14)37)12-6-11(12)10-1-2-15-17(5-10)35(9-25(28,29)30)22(38)24(15)3-4-24/h1-2,5,7-8,11-12H,3-4,6,9H2,(H2,31,33,37,39)/t11-,12+/m1/s1. The smallest absolute Gasteiger partial charge is 0.313 e. The molecule has 0 radical (unpaired) electrons. The molecule has 4 aromatic rings. The molecule has 4 heterocycles. The van der Waals surface area contributed by atoms with Crippen LogP contribution in [0, 0.1) is 0 Å². The number of hydrogen-bond acceptors (Lipinski definition) is 5. The molecule has 2 N–H and O–H groups in total. The van der Waals surface area contributed by atoms with Gasteiger partial charge in [0.05, 0.1) is 16.7 Å². The lowest BCUT2D eigenvalue weighted by molar-refractivity contribution is -0.132. The molecule has 0 saturated heterocycles. The Kier molecular flexibility index (Phi) is 4.97. The summed E-state index contributed by atoms with van der Waals surface area (Å²) < 4.78 is 41.3. The Morgan fingerprint density at radius 3 is 2.56 bits per heavy atom. The number of hydrogen-bond donors (Lipinski definition) is 2. The topological polar surface area (TPSA) is 116 Å². The highest BCUT2D eigenvalue weighted by molar-refractivity contribution is 6.40. The Morgan fingerprint density at radius 2 is 1.87 bits per heavy atom. The number of carbonyl (C=O) groups excluding carboxylic acids is 1. The summed E-state index contributed by atoms with van der Waals surface area (Å²) in [7, 11) is 0. The van der Waals surface area contributed by atoms with Gasteiger partial charge in [-0.2, -0.15) is 22.8 Å². The van der Waals surface area contributed by atoms with Crippen molar-refractivity contribution in [2.24, 2.45) is 0 Å². The van der Waals surface area contributed by atoms with Crippen LogP contribution in [0.1, 0.15) is 47.8 Å². The Balaban J connectivity index is 1.30. The van der Waals surface area contributed by atoms with Crippen LogP contribution in [-0.2, 0) is 10.2 Å². The maximum absolute atomic E-state index is 13.3. The SMILES string of the molecule is O=C1N(CC(F)(F)F)c2cc([C@H]3C[C@@H]3c3cc(-c4c[nH]c(=O)[nH]c4=O)nn4c(Cl)c(Cl)nc34)ccc2C12CC2. The summed E-state index contributed by atoms with van der Waals surface area (Å²) in [6, 6.07) is 7.01. The van der Waals surface area contributed by atoms with Crippen molar-refractivity contribution in [1.82, 2.24) is 24.6 Å². The number of carbonyl (C=O) groups is 1. The molecule has 1 amide bonds. The highest BCUT2D eigenvalue weighted by atomic mass is 35.5. The first kappa shape index (κ1) is 24.4. The number of amides is 1. The van der Waals surface area contributed by atoms with Crippen LogP contribution in [0.25, 0.3) is 16.9 Å². The zero-order chi connectivity index (χ0) is 27.4. The summed E-state index contributed by atoms with van der Waals surface area (Å²) in [5, 5.41) is 4.45. The number of fused-ring (bicyclic) bond motifs is 3. The molecule has 2 aliphatic carbocycles. The van der Waals surface area contributed by atoms with Crippen molar-refractivity contribution in [3.8, 4) is 11.3 Å². The van der Waals surface area contributed by atoms with Gasteiger partial charge in [0, 0.05) is 17.4 Å². The molecule has 2 atom stereocenters. The van der Waals surface area contributed by atoms with E-state index in [4.69, 9.17) is 23.2 Å². The van der Waals surface area contributed by atoms with Gasteiger partial charge in [0.25, 0.3) is 5.56 Å². The monoisotopic (exact) mass is 576 g/mol. The van der Waals surface area contributed by atoms with E-state index >= 15 is 0 Å². The zero-order valence-electron chi connectivity index (χ0n) is 19.8. The Morgan fingerprint density at radius 1 is 1.10 bits per heavy atom. The first-order valence-electron chi connectivity index (χ1n) is 12.1. The van der Waals surface area contributed by atoms with Gasteiger partial charge >= 0.3 is 11.9 Å². The maximum atomic E-state index is 13.3. The number of rotatable bonds is 4. The molecule has 7 rings (SSSR count). The van der Waals surface area contributed by atoms with Crippen molar-refractivity contribution in [3.63, 3.8) is 0 Å². The Bertz CT molecular complexity index is 1840. The van der Waals surface area contributed by atoms with E-state index in [1.807, 2.05) is 6.07 Å². The molecule has 39 heavy (non-hydrogen) atoms. The van der Waals surface area contributed by atoms with Crippen molar-refractivity contribution in [2.75, 3.05) is 11.4 Å². The molecule has 3 aromatic heterocycles. The minimum atomic E-state index is -4.52. The summed E-state index contributed by atoms with van der Waals surface area (Å²) in [6.07, 6.45) is -1.55. The molecule has 3 aliphatic rings. The van der Waals surface area contributed by atoms with Crippen molar-refractivity contribution in [2.45, 2.75) is 42.7 Å². The van der Waals surface area contributed by atoms with Crippen molar-refractivity contribution < 1.29 is 18.0 Å². The van der Waals surface area contributed by atoms with Crippen LogP contribution >= 0.6 is 23.2 Å². The molecular weight excluding hydrogens is 560 g/mol. The summed E-state index contributed by atoms with van der Waals surface area (Å²) in [5.74, 6) is -0.713. The maximum Gasteiger partial charge on any atom is 0.406 e. The molecule has 1 spiro atoms. The lowest BCUT2D eigenvalue weighted by Gasteiger charge is -2.20. The molecule has 2 fully saturated rings. The summed E-state index contributed by atoms with van der Waals surface area (Å²) in [4.78, 5) is 46.7. The van der Waals surface area contributed by atoms with Crippen molar-refractivity contribution >= 4 is 40.4 Å². The number of H-pyrrole nitrogens is 2. The van der Waals surface area contributed by atoms with E-state index in [0.717, 1.165) is 10.5 Å². The van der Waals surface area contributed by atoms with Gasteiger partial charge in [-0.1, -0.05) is 35.3 Å². The molecule has 0 unspecified atom stereocenters. The number of aromatic amines is 2. The molecule has 9 nitrogen and oxygen atoms in total. The van der Waals surface area contributed by atoms with E-state index in [2.05, 4.69) is 20.1 Å². The number of imidazole rings is 1. The van der Waals surface area contributed by atoms with E-state index in [9.17, 15) is 27.6 Å². The van der Waals surface area contributed by atoms with Gasteiger partial charge in [-0.3, -0.25) is 14.6 Å². The lowest BCUT2D eigenvalue weighted by Crippen LogP contribution is -2.39. The van der Waals surface area contributed by atoms with Gasteiger partial charge in [0.15, 0.2) is 16.0 Å². The molecule has 1 aromatic carbocycles. The molecular formula is C25H17Cl2F3N6O3. The summed E-state index contributed by atoms with van der Waals surface area (Å²) >= 11 is 12.5. The van der Waals surface area contributed by atoms with Crippen LogP contribution in [-0.4, -0.2) is 43.2 Å². The van der Waals surface area contributed by atoms with Crippen molar-refractivity contribution in [3.05, 3.63) is 78.3 Å². The summed E-state index contributed by atoms with van der Waals surface area (Å²) in [5.41, 5.74) is 1.00. The van der Waals surface area contributed by atoms with Crippen LogP contribution < -0.4 is 16.1 Å². The third-order valence-electron chi connectivity index (χ3n) is 7.80. The second-order valence-electron chi connectivity index (χ2n) is 10.2. The minimum absolute atomic E-state index is 0.0173. The van der Waals surface area contributed by atoms with Gasteiger partial charge in [0.2, 0.25) is 5.91 Å². The number of nitrogens with zero attached hydrogens (tertiary/aromatic N) is 4. The Hall–Kier alpha value is -3.64. The van der Waals surface area contributed by atoms with Crippen LogP contribution in [0.2, 0.25) is 10.3 Å². The van der Waals surface area contributed by atoms with E-state index in [1.54, 1.807) is 18.2 Å². The highest BCUT2D eigenvalue weighted by Gasteiger charge is 2.60. The van der Waals surface area contributed by atoms with Crippen LogP contribution in [0.15, 0.2) is 40.1 Å². The predicted molar refractivity (Wildman–Crippen MR) is 136 cm³/mol. The number of halogens is 5. The molecule has 1 aliphatic heterocycles. The van der Waals surface area contributed by atoms with Gasteiger partial charge in [-0.15, -0.1) is 0 Å². The first-order chi connectivity index (χ1) is 18.5. The van der Waals surface area contributed by atoms with E-state index in [-0.39, 0.29) is 33.4 Å². The fraction of sp³-hybridized carbons (Fsp3) is 0.320. The average molecular weight is 577 g/mol. The molecule has 0 bridgehead atoms. The predicted octanol–water partition coefficient (Wildman–Crippen LogP) is 4.29. The van der Waals surface area contributed by atoms with Gasteiger partial charge in [-0.05, 0) is 54.4 Å². The number of nitrogens with one attached hydrogen (secondary N) is 2. The highest BCUT2D eigenvalue weighted by Crippen LogP contribution is 2.61. The number of alkyl halides is 3. The molecule has 14 heteroatoms. The molecule has 200 valence electrons. The average Bonchev–Trinajstić information content (AvgIpc) is 3.79. The van der Waals surface area contributed by atoms with E-state index in [1.165, 1.54) is 10.7 Å². The second-order valence-corrected chi connectivity index (χ2v) is 10.9. The van der Waals surface area contributed by atoms with Gasteiger partial charge in [0.1, 0.15) is 6.54 Å². The fourth-order valence-corrected chi connectivity index (χ4v) is 6.06. The third kappa shape index (κ3) is 3.72. The normalized spacial score (nSPS) is 21.2. The zero-order valence-corrected chi connectivity index (χ0v) is 21.3. The fourth-order valence-electron chi connectivity index (χ4n) is 5.74. The second kappa shape index (κ2) is 7.95. The van der Waals surface area contributed by atoms with Crippen LogP contribution in [0.4, 0.5) is 18.9 Å². The lowest BCUT2D eigenvalue weighted by atomic mass is 9.95. The first-order valence-corrected chi connectivity index (χ1v) is 12.8. The van der Waals surface area contributed by atoms with Gasteiger partial charge < -0.3 is 9.88 Å². The van der Waals surface area contributed by atoms with E-state index in [0.29, 0.717) is 41.7 Å². The third-order valence-corrected chi connectivity index (χ3v) is 8.50. The minimum Gasteiger partial charge on any atom is -0.313 e. The van der Waals surface area contributed by atoms with Crippen molar-refractivity contribution in [1.29, 1.82) is 0 Å². The Labute approximate surface area is 226 Å². The number of benzene rings is 1.